The number of hydrogen-bond donors (Lipinski definition) is 3. The van der Waals surface area contributed by atoms with Crippen molar-refractivity contribution in [2.75, 3.05) is 5.32 Å². The van der Waals surface area contributed by atoms with Gasteiger partial charge in [-0.2, -0.15) is 0 Å². The van der Waals surface area contributed by atoms with Crippen LogP contribution in [0.3, 0.4) is 0 Å². The molecule has 23 heavy (non-hydrogen) atoms. The first kappa shape index (κ1) is 19.6. The number of anilines is 1. The predicted molar refractivity (Wildman–Crippen MR) is 92.6 cm³/mol. The Bertz CT molecular complexity index is 631. The van der Waals surface area contributed by atoms with E-state index in [1.165, 1.54) is 12.1 Å². The minimum Gasteiger partial charge on any atom is -0.325 e. The van der Waals surface area contributed by atoms with Crippen LogP contribution in [0.1, 0.15) is 40.5 Å². The molecule has 0 aliphatic rings. The molecule has 1 aromatic rings. The Morgan fingerprint density at radius 1 is 1.22 bits per heavy atom. The third-order valence-corrected chi connectivity index (χ3v) is 5.53. The van der Waals surface area contributed by atoms with E-state index in [1.54, 1.807) is 19.1 Å². The second-order valence-corrected chi connectivity index (χ2v) is 7.57. The molecule has 7 heteroatoms. The maximum absolute atomic E-state index is 12.3. The van der Waals surface area contributed by atoms with Gasteiger partial charge in [0, 0.05) is 11.7 Å². The molecule has 0 radical (unpaired) electrons. The number of nitrogens with two attached hydrogens (primary N) is 1. The molecule has 130 valence electrons. The van der Waals surface area contributed by atoms with Crippen molar-refractivity contribution in [3.8, 4) is 0 Å². The van der Waals surface area contributed by atoms with Crippen LogP contribution in [0.2, 0.25) is 0 Å². The van der Waals surface area contributed by atoms with Gasteiger partial charge in [-0.1, -0.05) is 33.3 Å². The second-order valence-electron chi connectivity index (χ2n) is 5.86. The van der Waals surface area contributed by atoms with Crippen LogP contribution >= 0.6 is 0 Å². The first-order valence-electron chi connectivity index (χ1n) is 7.90. The summed E-state index contributed by atoms with van der Waals surface area (Å²) in [5.41, 5.74) is 6.30. The van der Waals surface area contributed by atoms with E-state index in [9.17, 15) is 13.2 Å². The fourth-order valence-electron chi connectivity index (χ4n) is 1.90. The minimum absolute atomic E-state index is 0.0500. The summed E-state index contributed by atoms with van der Waals surface area (Å²) in [5, 5.41) is 2.68. The molecule has 0 saturated heterocycles. The van der Waals surface area contributed by atoms with Gasteiger partial charge >= 0.3 is 0 Å². The van der Waals surface area contributed by atoms with Crippen molar-refractivity contribution >= 4 is 21.6 Å². The van der Waals surface area contributed by atoms with E-state index in [0.29, 0.717) is 12.1 Å². The Hall–Kier alpha value is -1.44. The summed E-state index contributed by atoms with van der Waals surface area (Å²) >= 11 is 0. The Morgan fingerprint density at radius 2 is 1.87 bits per heavy atom. The van der Waals surface area contributed by atoms with E-state index in [-0.39, 0.29) is 22.8 Å². The van der Waals surface area contributed by atoms with E-state index in [0.717, 1.165) is 6.42 Å². The highest BCUT2D eigenvalue weighted by Gasteiger charge is 2.21. The zero-order chi connectivity index (χ0) is 17.6. The molecule has 6 nitrogen and oxygen atoms in total. The fraction of sp³-hybridized carbons (Fsp3) is 0.562. The first-order chi connectivity index (χ1) is 10.7. The molecule has 0 aliphatic heterocycles. The Balaban J connectivity index is 2.91. The summed E-state index contributed by atoms with van der Waals surface area (Å²) in [7, 11) is -3.60. The Morgan fingerprint density at radius 3 is 2.43 bits per heavy atom. The standard InChI is InChI=1S/C16H27N3O3S/c1-5-11(3)15(17)16(20)18-13-8-7-9-14(10-13)23(21,22)19-12(4)6-2/h7-12,15,19H,5-6,17H2,1-4H3,(H,18,20). The predicted octanol–water partition coefficient (Wildman–Crippen LogP) is 2.08. The molecule has 0 spiro atoms. The lowest BCUT2D eigenvalue weighted by Gasteiger charge is -2.18. The van der Waals surface area contributed by atoms with Crippen molar-refractivity contribution in [3.05, 3.63) is 24.3 Å². The van der Waals surface area contributed by atoms with Gasteiger partial charge in [0.15, 0.2) is 0 Å². The number of carbonyl (C=O) groups is 1. The second kappa shape index (κ2) is 8.42. The van der Waals surface area contributed by atoms with Crippen LogP contribution in [0, 0.1) is 5.92 Å². The van der Waals surface area contributed by atoms with Gasteiger partial charge in [-0.3, -0.25) is 4.79 Å². The summed E-state index contributed by atoms with van der Waals surface area (Å²) in [6.45, 7) is 7.57. The van der Waals surface area contributed by atoms with Gasteiger partial charge in [0.2, 0.25) is 15.9 Å². The van der Waals surface area contributed by atoms with Crippen molar-refractivity contribution in [1.29, 1.82) is 0 Å². The monoisotopic (exact) mass is 341 g/mol. The smallest absolute Gasteiger partial charge is 0.241 e. The molecule has 0 aromatic heterocycles. The van der Waals surface area contributed by atoms with Crippen LogP contribution in [-0.4, -0.2) is 26.4 Å². The van der Waals surface area contributed by atoms with Crippen molar-refractivity contribution < 1.29 is 13.2 Å². The van der Waals surface area contributed by atoms with E-state index in [1.807, 2.05) is 20.8 Å². The van der Waals surface area contributed by atoms with Crippen LogP contribution in [0.4, 0.5) is 5.69 Å². The zero-order valence-electron chi connectivity index (χ0n) is 14.2. The lowest BCUT2D eigenvalue weighted by Crippen LogP contribution is -2.40. The molecule has 0 aliphatic carbocycles. The number of sulfonamides is 1. The van der Waals surface area contributed by atoms with Crippen LogP contribution < -0.4 is 15.8 Å². The molecular formula is C16H27N3O3S. The summed E-state index contributed by atoms with van der Waals surface area (Å²) in [6, 6.07) is 5.38. The topological polar surface area (TPSA) is 101 Å². The van der Waals surface area contributed by atoms with Crippen molar-refractivity contribution in [1.82, 2.24) is 4.72 Å². The molecule has 1 aromatic carbocycles. The highest BCUT2D eigenvalue weighted by Crippen LogP contribution is 2.17. The molecule has 1 rings (SSSR count). The number of amides is 1. The number of rotatable bonds is 8. The summed E-state index contributed by atoms with van der Waals surface area (Å²) in [4.78, 5) is 12.2. The zero-order valence-corrected chi connectivity index (χ0v) is 15.0. The summed E-state index contributed by atoms with van der Waals surface area (Å²) in [6.07, 6.45) is 1.49. The highest BCUT2D eigenvalue weighted by atomic mass is 32.2. The number of benzene rings is 1. The van der Waals surface area contributed by atoms with Crippen LogP contribution in [-0.2, 0) is 14.8 Å². The van der Waals surface area contributed by atoms with Crippen molar-refractivity contribution in [2.24, 2.45) is 11.7 Å². The van der Waals surface area contributed by atoms with Gasteiger partial charge in [0.25, 0.3) is 0 Å². The van der Waals surface area contributed by atoms with E-state index in [4.69, 9.17) is 5.73 Å². The average Bonchev–Trinajstić information content (AvgIpc) is 2.53. The fourth-order valence-corrected chi connectivity index (χ4v) is 3.27. The van der Waals surface area contributed by atoms with Gasteiger partial charge in [0.05, 0.1) is 10.9 Å². The lowest BCUT2D eigenvalue weighted by molar-refractivity contribution is -0.118. The third kappa shape index (κ3) is 5.60. The normalized spacial score (nSPS) is 15.7. The molecule has 3 unspecified atom stereocenters. The molecular weight excluding hydrogens is 314 g/mol. The van der Waals surface area contributed by atoms with E-state index >= 15 is 0 Å². The molecule has 0 bridgehead atoms. The van der Waals surface area contributed by atoms with Gasteiger partial charge in [-0.15, -0.1) is 0 Å². The third-order valence-electron chi connectivity index (χ3n) is 3.94. The maximum Gasteiger partial charge on any atom is 0.241 e. The SMILES string of the molecule is CCC(C)NS(=O)(=O)c1cccc(NC(=O)C(N)C(C)CC)c1. The molecule has 0 heterocycles. The summed E-state index contributed by atoms with van der Waals surface area (Å²) < 4.78 is 27.1. The number of carbonyl (C=O) groups excluding carboxylic acids is 1. The van der Waals surface area contributed by atoms with Gasteiger partial charge in [-0.05, 0) is 37.5 Å². The highest BCUT2D eigenvalue weighted by molar-refractivity contribution is 7.89. The quantitative estimate of drug-likeness (QED) is 0.674. The van der Waals surface area contributed by atoms with Crippen LogP contribution in [0.15, 0.2) is 29.2 Å². The first-order valence-corrected chi connectivity index (χ1v) is 9.38. The maximum atomic E-state index is 12.3. The Kier molecular flexibility index (Phi) is 7.18. The largest absolute Gasteiger partial charge is 0.325 e. The van der Waals surface area contributed by atoms with Crippen LogP contribution in [0.5, 0.6) is 0 Å². The molecule has 4 N–H and O–H groups in total. The van der Waals surface area contributed by atoms with Crippen molar-refractivity contribution in [3.63, 3.8) is 0 Å². The minimum atomic E-state index is -3.60. The molecule has 0 saturated carbocycles. The average molecular weight is 341 g/mol. The lowest BCUT2D eigenvalue weighted by atomic mass is 9.99. The number of nitrogens with one attached hydrogen (secondary N) is 2. The number of hydrogen-bond acceptors (Lipinski definition) is 4. The van der Waals surface area contributed by atoms with Gasteiger partial charge in [0.1, 0.15) is 0 Å². The van der Waals surface area contributed by atoms with Crippen molar-refractivity contribution in [2.45, 2.75) is 57.5 Å². The van der Waals surface area contributed by atoms with Gasteiger partial charge in [-0.25, -0.2) is 13.1 Å². The Labute approximate surface area is 138 Å². The van der Waals surface area contributed by atoms with Crippen LogP contribution in [0.25, 0.3) is 0 Å². The molecule has 0 fully saturated rings. The van der Waals surface area contributed by atoms with E-state index < -0.39 is 16.1 Å². The van der Waals surface area contributed by atoms with Gasteiger partial charge < -0.3 is 11.1 Å². The van der Waals surface area contributed by atoms with E-state index in [2.05, 4.69) is 10.0 Å². The summed E-state index contributed by atoms with van der Waals surface area (Å²) in [5.74, 6) is -0.266. The molecule has 3 atom stereocenters. The molecule has 1 amide bonds.